The number of carbonyl (C=O) groups excluding carboxylic acids is 1. The van der Waals surface area contributed by atoms with Crippen molar-refractivity contribution in [3.05, 3.63) is 34.1 Å². The number of hydrogen-bond donors (Lipinski definition) is 1. The van der Waals surface area contributed by atoms with Crippen LogP contribution in [0.5, 0.6) is 0 Å². The van der Waals surface area contributed by atoms with Crippen LogP contribution in [0.4, 0.5) is 4.39 Å². The van der Waals surface area contributed by atoms with Gasteiger partial charge in [0.1, 0.15) is 5.82 Å². The highest BCUT2D eigenvalue weighted by atomic mass is 79.9. The van der Waals surface area contributed by atoms with Gasteiger partial charge in [0.25, 0.3) is 0 Å². The van der Waals surface area contributed by atoms with E-state index in [1.807, 2.05) is 0 Å². The fourth-order valence-corrected chi connectivity index (χ4v) is 2.27. The van der Waals surface area contributed by atoms with Crippen molar-refractivity contribution in [2.24, 2.45) is 11.7 Å². The second kappa shape index (κ2) is 4.50. The third kappa shape index (κ3) is 2.75. The molecule has 0 aromatic heterocycles. The molecule has 0 saturated heterocycles. The highest BCUT2D eigenvalue weighted by Crippen LogP contribution is 2.39. The van der Waals surface area contributed by atoms with Crippen LogP contribution in [0.3, 0.4) is 0 Å². The second-order valence-corrected chi connectivity index (χ2v) is 5.81. The largest absolute Gasteiger partial charge is 0.319 e. The quantitative estimate of drug-likeness (QED) is 0.929. The molecule has 2 rings (SSSR count). The SMILES string of the molecule is CC(N)(C(=O)Cc1ccc(Br)cc1F)C1CC1. The monoisotopic (exact) mass is 299 g/mol. The summed E-state index contributed by atoms with van der Waals surface area (Å²) in [6.07, 6.45) is 2.08. The second-order valence-electron chi connectivity index (χ2n) is 4.89. The Hall–Kier alpha value is -0.740. The number of rotatable bonds is 4. The maximum atomic E-state index is 13.6. The van der Waals surface area contributed by atoms with Crippen molar-refractivity contribution in [3.8, 4) is 0 Å². The third-order valence-corrected chi connectivity index (χ3v) is 3.89. The minimum absolute atomic E-state index is 0.0720. The van der Waals surface area contributed by atoms with Crippen LogP contribution in [0.25, 0.3) is 0 Å². The van der Waals surface area contributed by atoms with Crippen LogP contribution in [0.1, 0.15) is 25.3 Å². The molecule has 1 atom stereocenters. The van der Waals surface area contributed by atoms with E-state index >= 15 is 0 Å². The first-order valence-electron chi connectivity index (χ1n) is 5.67. The summed E-state index contributed by atoms with van der Waals surface area (Å²) in [6, 6.07) is 4.73. The lowest BCUT2D eigenvalue weighted by molar-refractivity contribution is -0.123. The van der Waals surface area contributed by atoms with Gasteiger partial charge in [-0.15, -0.1) is 0 Å². The predicted octanol–water partition coefficient (Wildman–Crippen LogP) is 2.83. The van der Waals surface area contributed by atoms with Gasteiger partial charge in [0.05, 0.1) is 5.54 Å². The first-order chi connectivity index (χ1) is 7.91. The Morgan fingerprint density at radius 2 is 2.24 bits per heavy atom. The molecule has 0 aliphatic heterocycles. The topological polar surface area (TPSA) is 43.1 Å². The Morgan fingerprint density at radius 3 is 2.76 bits per heavy atom. The van der Waals surface area contributed by atoms with Crippen molar-refractivity contribution in [3.63, 3.8) is 0 Å². The summed E-state index contributed by atoms with van der Waals surface area (Å²) >= 11 is 3.19. The summed E-state index contributed by atoms with van der Waals surface area (Å²) < 4.78 is 14.3. The van der Waals surface area contributed by atoms with Crippen molar-refractivity contribution in [1.29, 1.82) is 0 Å². The van der Waals surface area contributed by atoms with E-state index in [1.54, 1.807) is 19.1 Å². The molecular weight excluding hydrogens is 285 g/mol. The van der Waals surface area contributed by atoms with E-state index < -0.39 is 5.54 Å². The summed E-state index contributed by atoms with van der Waals surface area (Å²) in [5.41, 5.74) is 5.62. The number of nitrogens with two attached hydrogens (primary N) is 1. The zero-order valence-electron chi connectivity index (χ0n) is 9.67. The van der Waals surface area contributed by atoms with Crippen LogP contribution < -0.4 is 5.73 Å². The Morgan fingerprint density at radius 1 is 1.59 bits per heavy atom. The summed E-state index contributed by atoms with van der Waals surface area (Å²) in [5.74, 6) is -0.172. The third-order valence-electron chi connectivity index (χ3n) is 3.39. The minimum atomic E-state index is -0.806. The smallest absolute Gasteiger partial charge is 0.157 e. The fraction of sp³-hybridized carbons (Fsp3) is 0.462. The van der Waals surface area contributed by atoms with Crippen LogP contribution in [-0.2, 0) is 11.2 Å². The van der Waals surface area contributed by atoms with E-state index in [0.717, 1.165) is 12.8 Å². The van der Waals surface area contributed by atoms with E-state index in [0.29, 0.717) is 10.0 Å². The molecule has 1 aliphatic rings. The average molecular weight is 300 g/mol. The lowest BCUT2D eigenvalue weighted by atomic mass is 9.88. The van der Waals surface area contributed by atoms with Gasteiger partial charge in [0.15, 0.2) is 5.78 Å². The van der Waals surface area contributed by atoms with Gasteiger partial charge in [0.2, 0.25) is 0 Å². The lowest BCUT2D eigenvalue weighted by Gasteiger charge is -2.22. The molecule has 1 aliphatic carbocycles. The summed E-state index contributed by atoms with van der Waals surface area (Å²) in [7, 11) is 0. The molecular formula is C13H15BrFNO. The maximum Gasteiger partial charge on any atom is 0.157 e. The molecule has 0 bridgehead atoms. The van der Waals surface area contributed by atoms with E-state index in [2.05, 4.69) is 15.9 Å². The molecule has 1 saturated carbocycles. The lowest BCUT2D eigenvalue weighted by Crippen LogP contribution is -2.48. The molecule has 0 amide bonds. The molecule has 1 aromatic carbocycles. The molecule has 2 N–H and O–H groups in total. The van der Waals surface area contributed by atoms with Crippen LogP contribution >= 0.6 is 15.9 Å². The van der Waals surface area contributed by atoms with E-state index in [1.165, 1.54) is 6.07 Å². The molecule has 0 heterocycles. The molecule has 2 nitrogen and oxygen atoms in total. The molecule has 4 heteroatoms. The van der Waals surface area contributed by atoms with E-state index in [9.17, 15) is 9.18 Å². The van der Waals surface area contributed by atoms with Gasteiger partial charge in [-0.25, -0.2) is 4.39 Å². The number of carbonyl (C=O) groups is 1. The van der Waals surface area contributed by atoms with E-state index in [-0.39, 0.29) is 23.9 Å². The normalized spacial score (nSPS) is 18.8. The molecule has 1 aromatic rings. The first kappa shape index (κ1) is 12.7. The molecule has 1 fully saturated rings. The number of Topliss-reactive ketones (excluding diaryl/α,β-unsaturated/α-hetero) is 1. The summed E-state index contributed by atoms with van der Waals surface area (Å²) in [4.78, 5) is 12.0. The summed E-state index contributed by atoms with van der Waals surface area (Å²) in [5, 5.41) is 0. The van der Waals surface area contributed by atoms with Crippen LogP contribution in [0, 0.1) is 11.7 Å². The highest BCUT2D eigenvalue weighted by molar-refractivity contribution is 9.10. The molecule has 1 unspecified atom stereocenters. The average Bonchev–Trinajstić information content (AvgIpc) is 3.05. The molecule has 0 radical (unpaired) electrons. The van der Waals surface area contributed by atoms with E-state index in [4.69, 9.17) is 5.73 Å². The van der Waals surface area contributed by atoms with Gasteiger partial charge in [-0.05, 0) is 43.4 Å². The Balaban J connectivity index is 2.12. The number of hydrogen-bond acceptors (Lipinski definition) is 2. The van der Waals surface area contributed by atoms with Gasteiger partial charge in [-0.3, -0.25) is 4.79 Å². The minimum Gasteiger partial charge on any atom is -0.319 e. The number of halogens is 2. The van der Waals surface area contributed by atoms with Crippen LogP contribution in [-0.4, -0.2) is 11.3 Å². The van der Waals surface area contributed by atoms with Crippen LogP contribution in [0.2, 0.25) is 0 Å². The van der Waals surface area contributed by atoms with Gasteiger partial charge in [-0.2, -0.15) is 0 Å². The summed E-state index contributed by atoms with van der Waals surface area (Å²) in [6.45, 7) is 1.75. The Kier molecular flexibility index (Phi) is 3.36. The molecule has 92 valence electrons. The van der Waals surface area contributed by atoms with Crippen molar-refractivity contribution >= 4 is 21.7 Å². The first-order valence-corrected chi connectivity index (χ1v) is 6.46. The van der Waals surface area contributed by atoms with Crippen molar-refractivity contribution in [2.45, 2.75) is 31.7 Å². The predicted molar refractivity (Wildman–Crippen MR) is 68.1 cm³/mol. The van der Waals surface area contributed by atoms with Gasteiger partial charge in [-0.1, -0.05) is 22.0 Å². The van der Waals surface area contributed by atoms with Gasteiger partial charge >= 0.3 is 0 Å². The van der Waals surface area contributed by atoms with Crippen molar-refractivity contribution in [2.75, 3.05) is 0 Å². The number of ketones is 1. The van der Waals surface area contributed by atoms with Crippen molar-refractivity contribution in [1.82, 2.24) is 0 Å². The zero-order chi connectivity index (χ0) is 12.6. The number of benzene rings is 1. The van der Waals surface area contributed by atoms with Crippen LogP contribution in [0.15, 0.2) is 22.7 Å². The zero-order valence-corrected chi connectivity index (χ0v) is 11.3. The Labute approximate surface area is 109 Å². The molecule has 0 spiro atoms. The maximum absolute atomic E-state index is 13.6. The van der Waals surface area contributed by atoms with Gasteiger partial charge in [0, 0.05) is 10.9 Å². The standard InChI is InChI=1S/C13H15BrFNO/c1-13(16,9-3-4-9)12(17)6-8-2-5-10(14)7-11(8)15/h2,5,7,9H,3-4,6,16H2,1H3. The Bertz CT molecular complexity index is 455. The van der Waals surface area contributed by atoms with Gasteiger partial charge < -0.3 is 5.73 Å². The fourth-order valence-electron chi connectivity index (χ4n) is 1.94. The molecule has 17 heavy (non-hydrogen) atoms. The highest BCUT2D eigenvalue weighted by Gasteiger charge is 2.43. The van der Waals surface area contributed by atoms with Crippen molar-refractivity contribution < 1.29 is 9.18 Å².